The van der Waals surface area contributed by atoms with Gasteiger partial charge in [-0.25, -0.2) is 4.39 Å². The van der Waals surface area contributed by atoms with Crippen LogP contribution in [0, 0.1) is 5.82 Å². The first-order chi connectivity index (χ1) is 14.1. The van der Waals surface area contributed by atoms with Crippen LogP contribution in [0.5, 0.6) is 11.5 Å². The molecule has 0 aliphatic carbocycles. The van der Waals surface area contributed by atoms with E-state index in [4.69, 9.17) is 21.1 Å². The van der Waals surface area contributed by atoms with Gasteiger partial charge in [-0.15, -0.1) is 0 Å². The topological polar surface area (TPSA) is 30.5 Å². The molecule has 0 bridgehead atoms. The maximum absolute atomic E-state index is 13.0. The number of hydrogen-bond acceptors (Lipinski definition) is 3. The van der Waals surface area contributed by atoms with Crippen molar-refractivity contribution in [2.75, 3.05) is 6.61 Å². The molecule has 29 heavy (non-hydrogen) atoms. The zero-order valence-corrected chi connectivity index (χ0v) is 18.4. The minimum Gasteiger partial charge on any atom is -0.490 e. The normalized spacial score (nSPS) is 10.8. The summed E-state index contributed by atoms with van der Waals surface area (Å²) in [4.78, 5) is 0. The number of rotatable bonds is 9. The summed E-state index contributed by atoms with van der Waals surface area (Å²) in [5.41, 5.74) is 2.98. The van der Waals surface area contributed by atoms with Crippen molar-refractivity contribution in [2.24, 2.45) is 0 Å². The second-order valence-electron chi connectivity index (χ2n) is 6.45. The first-order valence-electron chi connectivity index (χ1n) is 9.33. The van der Waals surface area contributed by atoms with E-state index in [1.54, 1.807) is 12.1 Å². The van der Waals surface area contributed by atoms with Crippen LogP contribution in [0.15, 0.2) is 65.1 Å². The van der Waals surface area contributed by atoms with Crippen LogP contribution in [-0.4, -0.2) is 6.61 Å². The Hall–Kier alpha value is -2.08. The van der Waals surface area contributed by atoms with Gasteiger partial charge in [0.25, 0.3) is 0 Å². The van der Waals surface area contributed by atoms with Gasteiger partial charge in [-0.05, 0) is 64.3 Å². The molecule has 0 radical (unpaired) electrons. The van der Waals surface area contributed by atoms with Crippen LogP contribution in [0.2, 0.25) is 5.02 Å². The quantitative estimate of drug-likeness (QED) is 0.380. The largest absolute Gasteiger partial charge is 0.490 e. The summed E-state index contributed by atoms with van der Waals surface area (Å²) in [5.74, 6) is 1.09. The lowest BCUT2D eigenvalue weighted by Gasteiger charge is -2.16. The predicted octanol–water partition coefficient (Wildman–Crippen LogP) is 6.51. The minimum absolute atomic E-state index is 0.230. The maximum Gasteiger partial charge on any atom is 0.175 e. The molecule has 3 aromatic carbocycles. The molecule has 3 nitrogen and oxygen atoms in total. The number of nitrogens with one attached hydrogen (secondary N) is 1. The van der Waals surface area contributed by atoms with Gasteiger partial charge in [0.05, 0.1) is 11.1 Å². The van der Waals surface area contributed by atoms with Gasteiger partial charge in [-0.1, -0.05) is 41.9 Å². The van der Waals surface area contributed by atoms with Gasteiger partial charge in [0, 0.05) is 23.7 Å². The average molecular weight is 479 g/mol. The molecule has 0 unspecified atom stereocenters. The number of benzene rings is 3. The Kier molecular flexibility index (Phi) is 7.92. The van der Waals surface area contributed by atoms with Crippen LogP contribution in [0.25, 0.3) is 0 Å². The summed E-state index contributed by atoms with van der Waals surface area (Å²) in [5, 5.41) is 4.03. The van der Waals surface area contributed by atoms with E-state index in [9.17, 15) is 4.39 Å². The monoisotopic (exact) mass is 477 g/mol. The van der Waals surface area contributed by atoms with Gasteiger partial charge >= 0.3 is 0 Å². The molecule has 3 rings (SSSR count). The highest BCUT2D eigenvalue weighted by Crippen LogP contribution is 2.37. The van der Waals surface area contributed by atoms with Crippen LogP contribution in [0.3, 0.4) is 0 Å². The van der Waals surface area contributed by atoms with Crippen molar-refractivity contribution < 1.29 is 13.9 Å². The molecule has 0 aromatic heterocycles. The Balaban J connectivity index is 1.68. The molecule has 0 amide bonds. The Morgan fingerprint density at radius 1 is 0.966 bits per heavy atom. The Morgan fingerprint density at radius 3 is 2.41 bits per heavy atom. The summed E-state index contributed by atoms with van der Waals surface area (Å²) in [6.07, 6.45) is 0. The first-order valence-corrected chi connectivity index (χ1v) is 10.5. The summed E-state index contributed by atoms with van der Waals surface area (Å²) in [6.45, 7) is 4.10. The third kappa shape index (κ3) is 6.20. The molecule has 0 fully saturated rings. The van der Waals surface area contributed by atoms with E-state index in [1.807, 2.05) is 43.3 Å². The number of hydrogen-bond donors (Lipinski definition) is 1. The number of halogens is 3. The van der Waals surface area contributed by atoms with E-state index >= 15 is 0 Å². The van der Waals surface area contributed by atoms with E-state index in [1.165, 1.54) is 12.1 Å². The third-order valence-electron chi connectivity index (χ3n) is 4.27. The molecular weight excluding hydrogens is 457 g/mol. The van der Waals surface area contributed by atoms with Crippen molar-refractivity contribution in [1.82, 2.24) is 5.32 Å². The van der Waals surface area contributed by atoms with E-state index < -0.39 is 0 Å². The summed E-state index contributed by atoms with van der Waals surface area (Å²) in [7, 11) is 0. The van der Waals surface area contributed by atoms with Gasteiger partial charge < -0.3 is 14.8 Å². The highest BCUT2D eigenvalue weighted by atomic mass is 79.9. The summed E-state index contributed by atoms with van der Waals surface area (Å²) >= 11 is 9.82. The Bertz CT molecular complexity index is 950. The summed E-state index contributed by atoms with van der Waals surface area (Å²) in [6, 6.07) is 18.0. The van der Waals surface area contributed by atoms with Crippen molar-refractivity contribution >= 4 is 27.5 Å². The fourth-order valence-corrected chi connectivity index (χ4v) is 3.64. The van der Waals surface area contributed by atoms with Crippen LogP contribution in [0.1, 0.15) is 23.6 Å². The molecule has 0 saturated heterocycles. The zero-order valence-electron chi connectivity index (χ0n) is 16.1. The molecule has 0 aliphatic heterocycles. The molecule has 1 N–H and O–H groups in total. The van der Waals surface area contributed by atoms with Crippen molar-refractivity contribution in [3.63, 3.8) is 0 Å². The molecule has 0 spiro atoms. The molecule has 0 saturated carbocycles. The van der Waals surface area contributed by atoms with Gasteiger partial charge in [0.1, 0.15) is 12.4 Å². The van der Waals surface area contributed by atoms with Crippen molar-refractivity contribution in [3.8, 4) is 11.5 Å². The third-order valence-corrected chi connectivity index (χ3v) is 5.23. The second kappa shape index (κ2) is 10.6. The van der Waals surface area contributed by atoms with Gasteiger partial charge in [0.15, 0.2) is 11.5 Å². The average Bonchev–Trinajstić information content (AvgIpc) is 2.70. The van der Waals surface area contributed by atoms with Crippen LogP contribution in [0.4, 0.5) is 4.39 Å². The standard InChI is InChI=1S/C23H22BrClFNO2/c1-2-28-22-12-17(14-27-13-16-7-9-19(26)10-8-16)11-20(24)23(22)29-15-18-5-3-4-6-21(18)25/h3-12,27H,2,13-15H2,1H3. The van der Waals surface area contributed by atoms with Gasteiger partial charge in [-0.3, -0.25) is 0 Å². The highest BCUT2D eigenvalue weighted by Gasteiger charge is 2.13. The van der Waals surface area contributed by atoms with E-state index in [0.29, 0.717) is 42.8 Å². The fourth-order valence-electron chi connectivity index (χ4n) is 2.85. The lowest BCUT2D eigenvalue weighted by Crippen LogP contribution is -2.13. The van der Waals surface area contributed by atoms with Crippen molar-refractivity contribution in [3.05, 3.63) is 92.7 Å². The molecule has 0 heterocycles. The Morgan fingerprint density at radius 2 is 1.69 bits per heavy atom. The lowest BCUT2D eigenvalue weighted by molar-refractivity contribution is 0.267. The highest BCUT2D eigenvalue weighted by molar-refractivity contribution is 9.10. The molecule has 3 aromatic rings. The van der Waals surface area contributed by atoms with Crippen LogP contribution >= 0.6 is 27.5 Å². The summed E-state index contributed by atoms with van der Waals surface area (Å²) < 4.78 is 25.6. The molecule has 0 atom stereocenters. The van der Waals surface area contributed by atoms with E-state index in [-0.39, 0.29) is 5.82 Å². The van der Waals surface area contributed by atoms with Gasteiger partial charge in [0.2, 0.25) is 0 Å². The van der Waals surface area contributed by atoms with Crippen LogP contribution < -0.4 is 14.8 Å². The van der Waals surface area contributed by atoms with Gasteiger partial charge in [-0.2, -0.15) is 0 Å². The lowest BCUT2D eigenvalue weighted by atomic mass is 10.1. The maximum atomic E-state index is 13.0. The van der Waals surface area contributed by atoms with Crippen molar-refractivity contribution in [1.29, 1.82) is 0 Å². The smallest absolute Gasteiger partial charge is 0.175 e. The first kappa shape index (κ1) is 21.6. The molecule has 152 valence electrons. The molecule has 0 aliphatic rings. The minimum atomic E-state index is -0.230. The molecular formula is C23H22BrClFNO2. The number of ether oxygens (including phenoxy) is 2. The van der Waals surface area contributed by atoms with E-state index in [2.05, 4.69) is 21.2 Å². The second-order valence-corrected chi connectivity index (χ2v) is 7.71. The molecule has 6 heteroatoms. The van der Waals surface area contributed by atoms with Crippen molar-refractivity contribution in [2.45, 2.75) is 26.6 Å². The van der Waals surface area contributed by atoms with Crippen LogP contribution in [-0.2, 0) is 19.7 Å². The predicted molar refractivity (Wildman–Crippen MR) is 118 cm³/mol. The zero-order chi connectivity index (χ0) is 20.6. The van der Waals surface area contributed by atoms with E-state index in [0.717, 1.165) is 21.2 Å². The Labute approximate surface area is 183 Å². The SMILES string of the molecule is CCOc1cc(CNCc2ccc(F)cc2)cc(Br)c1OCc1ccccc1Cl. The fraction of sp³-hybridized carbons (Fsp3) is 0.217.